The van der Waals surface area contributed by atoms with E-state index < -0.39 is 0 Å². The van der Waals surface area contributed by atoms with E-state index in [1.54, 1.807) is 40.7 Å². The lowest BCUT2D eigenvalue weighted by molar-refractivity contribution is 0.0869. The highest BCUT2D eigenvalue weighted by Crippen LogP contribution is 2.24. The molecule has 98 valence electrons. The fourth-order valence-electron chi connectivity index (χ4n) is 1.76. The van der Waals surface area contributed by atoms with Crippen LogP contribution < -0.4 is 0 Å². The first-order valence-electron chi connectivity index (χ1n) is 5.73. The molecule has 0 aliphatic rings. The van der Waals surface area contributed by atoms with Gasteiger partial charge in [0.2, 0.25) is 0 Å². The number of methoxy groups -OCH3 is 1. The second-order valence-corrected chi connectivity index (χ2v) is 5.78. The summed E-state index contributed by atoms with van der Waals surface area (Å²) in [5.41, 5.74) is 0.802. The molecule has 1 atom stereocenters. The van der Waals surface area contributed by atoms with Crippen molar-refractivity contribution in [2.45, 2.75) is 12.6 Å². The number of thiazole rings is 1. The van der Waals surface area contributed by atoms with Gasteiger partial charge in [-0.05, 0) is 11.4 Å². The lowest BCUT2D eigenvalue weighted by atomic mass is 10.3. The minimum Gasteiger partial charge on any atom is -0.374 e. The maximum absolute atomic E-state index is 5.51. The average Bonchev–Trinajstić information content (AvgIpc) is 3.15. The van der Waals surface area contributed by atoms with E-state index in [2.05, 4.69) is 21.4 Å². The minimum absolute atomic E-state index is 0.00541. The normalized spacial score (nSPS) is 12.7. The zero-order chi connectivity index (χ0) is 13.1. The molecule has 0 bridgehead atoms. The van der Waals surface area contributed by atoms with Crippen molar-refractivity contribution >= 4 is 22.7 Å². The minimum atomic E-state index is 0.00541. The highest BCUT2D eigenvalue weighted by atomic mass is 32.1. The molecule has 3 heterocycles. The van der Waals surface area contributed by atoms with Crippen molar-refractivity contribution in [3.05, 3.63) is 40.2 Å². The van der Waals surface area contributed by atoms with Crippen molar-refractivity contribution in [1.82, 2.24) is 20.0 Å². The third-order valence-electron chi connectivity index (χ3n) is 2.69. The quantitative estimate of drug-likeness (QED) is 0.725. The molecule has 3 rings (SSSR count). The molecule has 0 fully saturated rings. The predicted octanol–water partition coefficient (Wildman–Crippen LogP) is 2.85. The Bertz CT molecular complexity index is 618. The van der Waals surface area contributed by atoms with E-state index >= 15 is 0 Å². The highest BCUT2D eigenvalue weighted by molar-refractivity contribution is 7.13. The average molecular weight is 292 g/mol. The van der Waals surface area contributed by atoms with Gasteiger partial charge in [0.1, 0.15) is 16.8 Å². The van der Waals surface area contributed by atoms with Crippen LogP contribution in [0.25, 0.3) is 10.7 Å². The second-order valence-electron chi connectivity index (χ2n) is 3.90. The number of rotatable bonds is 5. The lowest BCUT2D eigenvalue weighted by Crippen LogP contribution is -2.10. The van der Waals surface area contributed by atoms with Crippen molar-refractivity contribution < 1.29 is 4.74 Å². The van der Waals surface area contributed by atoms with Crippen LogP contribution in [-0.2, 0) is 11.3 Å². The molecule has 0 aliphatic carbocycles. The lowest BCUT2D eigenvalue weighted by Gasteiger charge is -2.12. The van der Waals surface area contributed by atoms with Crippen molar-refractivity contribution in [1.29, 1.82) is 0 Å². The van der Waals surface area contributed by atoms with Gasteiger partial charge in [0.25, 0.3) is 0 Å². The summed E-state index contributed by atoms with van der Waals surface area (Å²) in [4.78, 5) is 5.41. The number of hydrogen-bond donors (Lipinski definition) is 0. The van der Waals surface area contributed by atoms with Gasteiger partial charge < -0.3 is 4.74 Å². The van der Waals surface area contributed by atoms with E-state index in [0.29, 0.717) is 6.54 Å². The van der Waals surface area contributed by atoms with Gasteiger partial charge in [-0.25, -0.2) is 9.67 Å². The molecular weight excluding hydrogens is 280 g/mol. The van der Waals surface area contributed by atoms with Crippen molar-refractivity contribution in [2.24, 2.45) is 0 Å². The summed E-state index contributed by atoms with van der Waals surface area (Å²) < 4.78 is 7.30. The first-order valence-corrected chi connectivity index (χ1v) is 7.49. The van der Waals surface area contributed by atoms with E-state index in [9.17, 15) is 0 Å². The zero-order valence-corrected chi connectivity index (χ0v) is 11.9. The highest BCUT2D eigenvalue weighted by Gasteiger charge is 2.14. The maximum Gasteiger partial charge on any atom is 0.145 e. The molecule has 0 spiro atoms. The smallest absolute Gasteiger partial charge is 0.145 e. The molecule has 7 heteroatoms. The van der Waals surface area contributed by atoms with E-state index in [4.69, 9.17) is 4.74 Å². The molecule has 0 N–H and O–H groups in total. The van der Waals surface area contributed by atoms with E-state index in [1.165, 1.54) is 4.88 Å². The Morgan fingerprint density at radius 2 is 2.32 bits per heavy atom. The number of aromatic nitrogens is 4. The summed E-state index contributed by atoms with van der Waals surface area (Å²) >= 11 is 3.24. The van der Waals surface area contributed by atoms with Crippen LogP contribution in [0.5, 0.6) is 0 Å². The number of thiophene rings is 1. The Labute approximate surface area is 118 Å². The Morgan fingerprint density at radius 3 is 3.00 bits per heavy atom. The fourth-order valence-corrected chi connectivity index (χ4v) is 3.14. The van der Waals surface area contributed by atoms with Gasteiger partial charge in [0, 0.05) is 23.6 Å². The maximum atomic E-state index is 5.51. The first kappa shape index (κ1) is 12.5. The molecule has 19 heavy (non-hydrogen) atoms. The predicted molar refractivity (Wildman–Crippen MR) is 75.2 cm³/mol. The second kappa shape index (κ2) is 5.60. The molecule has 0 saturated carbocycles. The largest absolute Gasteiger partial charge is 0.374 e. The molecule has 0 amide bonds. The van der Waals surface area contributed by atoms with Crippen LogP contribution in [0.4, 0.5) is 0 Å². The van der Waals surface area contributed by atoms with Crippen LogP contribution in [-0.4, -0.2) is 27.1 Å². The Balaban J connectivity index is 1.76. The summed E-state index contributed by atoms with van der Waals surface area (Å²) in [6.07, 6.45) is 3.67. The standard InChI is InChI=1S/C12H12N4OS2/c1-17-10(11-3-2-5-18-11)8-16-7-9(14-15-16)12-13-4-6-19-12/h2-7,10H,8H2,1H3/t10-/m0/s1. The van der Waals surface area contributed by atoms with Gasteiger partial charge in [0.15, 0.2) is 0 Å². The van der Waals surface area contributed by atoms with Gasteiger partial charge >= 0.3 is 0 Å². The van der Waals surface area contributed by atoms with Gasteiger partial charge in [-0.2, -0.15) is 0 Å². The van der Waals surface area contributed by atoms with Crippen LogP contribution in [0, 0.1) is 0 Å². The summed E-state index contributed by atoms with van der Waals surface area (Å²) in [6.45, 7) is 0.648. The third kappa shape index (κ3) is 2.73. The number of nitrogens with zero attached hydrogens (tertiary/aromatic N) is 4. The molecular formula is C12H12N4OS2. The molecule has 3 aromatic rings. The summed E-state index contributed by atoms with van der Waals surface area (Å²) in [7, 11) is 1.71. The van der Waals surface area contributed by atoms with Crippen LogP contribution in [0.3, 0.4) is 0 Å². The zero-order valence-electron chi connectivity index (χ0n) is 10.3. The summed E-state index contributed by atoms with van der Waals surface area (Å²) in [6, 6.07) is 4.09. The number of ether oxygens (including phenoxy) is 1. The Hall–Kier alpha value is -1.57. The Kier molecular flexibility index (Phi) is 3.67. The molecule has 0 unspecified atom stereocenters. The van der Waals surface area contributed by atoms with Crippen LogP contribution in [0.15, 0.2) is 35.3 Å². The molecule has 0 aromatic carbocycles. The Morgan fingerprint density at radius 1 is 1.37 bits per heavy atom. The van der Waals surface area contributed by atoms with Crippen LogP contribution in [0.1, 0.15) is 11.0 Å². The molecule has 0 saturated heterocycles. The molecule has 5 nitrogen and oxygen atoms in total. The third-order valence-corrected chi connectivity index (χ3v) is 4.45. The molecule has 0 aliphatic heterocycles. The van der Waals surface area contributed by atoms with Gasteiger partial charge in [0.05, 0.1) is 12.7 Å². The van der Waals surface area contributed by atoms with Crippen LogP contribution in [0.2, 0.25) is 0 Å². The van der Waals surface area contributed by atoms with Gasteiger partial charge in [-0.3, -0.25) is 0 Å². The van der Waals surface area contributed by atoms with Gasteiger partial charge in [-0.1, -0.05) is 11.3 Å². The van der Waals surface area contributed by atoms with Crippen molar-refractivity contribution in [3.8, 4) is 10.7 Å². The summed E-state index contributed by atoms with van der Waals surface area (Å²) in [5, 5.41) is 13.1. The summed E-state index contributed by atoms with van der Waals surface area (Å²) in [5.74, 6) is 0. The SMILES string of the molecule is CO[C@@H](Cn1cc(-c2nccs2)nn1)c1cccs1. The monoisotopic (exact) mass is 292 g/mol. The van der Waals surface area contributed by atoms with E-state index in [1.807, 2.05) is 23.0 Å². The van der Waals surface area contributed by atoms with Crippen LogP contribution >= 0.6 is 22.7 Å². The van der Waals surface area contributed by atoms with Crippen molar-refractivity contribution in [3.63, 3.8) is 0 Å². The fraction of sp³-hybridized carbons (Fsp3) is 0.250. The number of hydrogen-bond acceptors (Lipinski definition) is 6. The van der Waals surface area contributed by atoms with E-state index in [-0.39, 0.29) is 6.10 Å². The van der Waals surface area contributed by atoms with Gasteiger partial charge in [-0.15, -0.1) is 27.8 Å². The molecule has 3 aromatic heterocycles. The van der Waals surface area contributed by atoms with E-state index in [0.717, 1.165) is 10.7 Å². The van der Waals surface area contributed by atoms with Crippen molar-refractivity contribution in [2.75, 3.05) is 7.11 Å². The molecule has 0 radical (unpaired) electrons. The topological polar surface area (TPSA) is 52.8 Å². The first-order chi connectivity index (χ1) is 9.36.